The molecular formula is C17H35NO3. The smallest absolute Gasteiger partial charge is 0.0701 e. The Hall–Kier alpha value is -0.160. The van der Waals surface area contributed by atoms with Crippen LogP contribution < -0.4 is 5.32 Å². The third-order valence-corrected chi connectivity index (χ3v) is 4.40. The van der Waals surface area contributed by atoms with Crippen LogP contribution in [0.2, 0.25) is 0 Å². The van der Waals surface area contributed by atoms with Crippen molar-refractivity contribution in [1.82, 2.24) is 5.32 Å². The molecule has 126 valence electrons. The molecule has 0 aliphatic heterocycles. The molecular weight excluding hydrogens is 266 g/mol. The Labute approximate surface area is 130 Å². The molecule has 0 atom stereocenters. The summed E-state index contributed by atoms with van der Waals surface area (Å²) in [6.45, 7) is 13.2. The second kappa shape index (κ2) is 11.4. The maximum Gasteiger partial charge on any atom is 0.0701 e. The molecule has 0 aromatic rings. The van der Waals surface area contributed by atoms with Crippen molar-refractivity contribution >= 4 is 0 Å². The highest BCUT2D eigenvalue weighted by molar-refractivity contribution is 4.96. The van der Waals surface area contributed by atoms with Gasteiger partial charge in [0.1, 0.15) is 0 Å². The van der Waals surface area contributed by atoms with Crippen molar-refractivity contribution in [3.8, 4) is 0 Å². The van der Waals surface area contributed by atoms with Crippen LogP contribution in [0.4, 0.5) is 0 Å². The summed E-state index contributed by atoms with van der Waals surface area (Å²) in [4.78, 5) is 0. The average Bonchev–Trinajstić information content (AvgIpc) is 3.25. The maximum absolute atomic E-state index is 5.55. The lowest BCUT2D eigenvalue weighted by Crippen LogP contribution is -2.30. The van der Waals surface area contributed by atoms with E-state index in [0.29, 0.717) is 31.8 Å². The summed E-state index contributed by atoms with van der Waals surface area (Å²) in [7, 11) is 0. The zero-order valence-corrected chi connectivity index (χ0v) is 14.3. The van der Waals surface area contributed by atoms with Crippen LogP contribution in [-0.4, -0.2) is 52.7 Å². The van der Waals surface area contributed by atoms with Crippen LogP contribution in [0.3, 0.4) is 0 Å². The minimum Gasteiger partial charge on any atom is -0.379 e. The first kappa shape index (κ1) is 18.9. The van der Waals surface area contributed by atoms with E-state index in [1.165, 1.54) is 19.3 Å². The first-order chi connectivity index (χ1) is 10.2. The van der Waals surface area contributed by atoms with Crippen LogP contribution in [0.5, 0.6) is 0 Å². The Balaban J connectivity index is 1.73. The van der Waals surface area contributed by atoms with E-state index in [1.807, 2.05) is 0 Å². The molecule has 4 heteroatoms. The molecule has 0 amide bonds. The highest BCUT2D eigenvalue weighted by atomic mass is 16.5. The molecule has 1 fully saturated rings. The summed E-state index contributed by atoms with van der Waals surface area (Å²) in [5.41, 5.74) is 0.584. The zero-order chi connectivity index (χ0) is 15.4. The molecule has 0 bridgehead atoms. The van der Waals surface area contributed by atoms with Crippen LogP contribution in [0.1, 0.15) is 46.5 Å². The van der Waals surface area contributed by atoms with E-state index in [2.05, 4.69) is 26.1 Å². The molecule has 0 spiro atoms. The number of nitrogens with one attached hydrogen (secondary N) is 1. The minimum absolute atomic E-state index is 0.584. The van der Waals surface area contributed by atoms with Gasteiger partial charge in [0.2, 0.25) is 0 Å². The van der Waals surface area contributed by atoms with Crippen LogP contribution in [0.15, 0.2) is 0 Å². The topological polar surface area (TPSA) is 39.7 Å². The molecule has 0 aromatic carbocycles. The average molecular weight is 301 g/mol. The standard InChI is InChI=1S/C17H35NO3/c1-4-5-9-19-11-13-21-14-12-20-10-8-18-15-17(6-7-17)16(2)3/h16,18H,4-15H2,1-3H3. The van der Waals surface area contributed by atoms with Crippen LogP contribution in [0.25, 0.3) is 0 Å². The van der Waals surface area contributed by atoms with Gasteiger partial charge in [0, 0.05) is 19.7 Å². The molecule has 1 saturated carbocycles. The van der Waals surface area contributed by atoms with Crippen molar-refractivity contribution in [2.75, 3.05) is 52.7 Å². The van der Waals surface area contributed by atoms with Gasteiger partial charge in [-0.2, -0.15) is 0 Å². The van der Waals surface area contributed by atoms with Gasteiger partial charge in [0.05, 0.1) is 33.0 Å². The van der Waals surface area contributed by atoms with Crippen LogP contribution in [-0.2, 0) is 14.2 Å². The number of unbranched alkanes of at least 4 members (excludes halogenated alkanes) is 1. The van der Waals surface area contributed by atoms with E-state index in [-0.39, 0.29) is 0 Å². The van der Waals surface area contributed by atoms with E-state index in [9.17, 15) is 0 Å². The maximum atomic E-state index is 5.55. The van der Waals surface area contributed by atoms with Crippen LogP contribution in [0, 0.1) is 11.3 Å². The number of rotatable bonds is 15. The van der Waals surface area contributed by atoms with Gasteiger partial charge < -0.3 is 19.5 Å². The summed E-state index contributed by atoms with van der Waals surface area (Å²) in [6.07, 6.45) is 5.08. The summed E-state index contributed by atoms with van der Waals surface area (Å²) in [5, 5.41) is 3.51. The SMILES string of the molecule is CCCCOCCOCCOCCNCC1(C(C)C)CC1. The fourth-order valence-corrected chi connectivity index (χ4v) is 2.39. The van der Waals surface area contributed by atoms with Crippen LogP contribution >= 0.6 is 0 Å². The molecule has 4 nitrogen and oxygen atoms in total. The van der Waals surface area contributed by atoms with Gasteiger partial charge in [-0.15, -0.1) is 0 Å². The van der Waals surface area contributed by atoms with Crippen molar-refractivity contribution in [3.05, 3.63) is 0 Å². The molecule has 0 aromatic heterocycles. The molecule has 1 N–H and O–H groups in total. The summed E-state index contributed by atoms with van der Waals surface area (Å²) in [5.74, 6) is 0.791. The van der Waals surface area contributed by atoms with E-state index < -0.39 is 0 Å². The molecule has 1 rings (SSSR count). The molecule has 0 saturated heterocycles. The van der Waals surface area contributed by atoms with Crippen molar-refractivity contribution in [1.29, 1.82) is 0 Å². The number of hydrogen-bond donors (Lipinski definition) is 1. The Bertz CT molecular complexity index is 242. The fourth-order valence-electron chi connectivity index (χ4n) is 2.39. The van der Waals surface area contributed by atoms with Crippen molar-refractivity contribution in [2.45, 2.75) is 46.5 Å². The van der Waals surface area contributed by atoms with E-state index in [1.54, 1.807) is 0 Å². The minimum atomic E-state index is 0.584. The molecule has 1 aliphatic carbocycles. The normalized spacial score (nSPS) is 16.6. The third-order valence-electron chi connectivity index (χ3n) is 4.40. The van der Waals surface area contributed by atoms with Gasteiger partial charge >= 0.3 is 0 Å². The van der Waals surface area contributed by atoms with Gasteiger partial charge in [-0.3, -0.25) is 0 Å². The highest BCUT2D eigenvalue weighted by Gasteiger charge is 2.44. The zero-order valence-electron chi connectivity index (χ0n) is 14.3. The predicted octanol–water partition coefficient (Wildman–Crippen LogP) is 2.86. The van der Waals surface area contributed by atoms with Gasteiger partial charge in [-0.1, -0.05) is 27.2 Å². The highest BCUT2D eigenvalue weighted by Crippen LogP contribution is 2.51. The van der Waals surface area contributed by atoms with E-state index in [0.717, 1.165) is 38.6 Å². The first-order valence-corrected chi connectivity index (χ1v) is 8.65. The predicted molar refractivity (Wildman–Crippen MR) is 86.7 cm³/mol. The summed E-state index contributed by atoms with van der Waals surface area (Å²) in [6, 6.07) is 0. The van der Waals surface area contributed by atoms with Gasteiger partial charge in [-0.25, -0.2) is 0 Å². The number of hydrogen-bond acceptors (Lipinski definition) is 4. The first-order valence-electron chi connectivity index (χ1n) is 8.65. The summed E-state index contributed by atoms with van der Waals surface area (Å²) >= 11 is 0. The van der Waals surface area contributed by atoms with E-state index in [4.69, 9.17) is 14.2 Å². The van der Waals surface area contributed by atoms with Gasteiger partial charge in [0.15, 0.2) is 0 Å². The molecule has 0 unspecified atom stereocenters. The second-order valence-electron chi connectivity index (χ2n) is 6.38. The quantitative estimate of drug-likeness (QED) is 0.472. The molecule has 0 radical (unpaired) electrons. The lowest BCUT2D eigenvalue weighted by Gasteiger charge is -2.20. The third kappa shape index (κ3) is 8.77. The molecule has 1 aliphatic rings. The lowest BCUT2D eigenvalue weighted by atomic mass is 9.92. The van der Waals surface area contributed by atoms with Gasteiger partial charge in [0.25, 0.3) is 0 Å². The van der Waals surface area contributed by atoms with Gasteiger partial charge in [-0.05, 0) is 30.6 Å². The molecule has 0 heterocycles. The van der Waals surface area contributed by atoms with Crippen molar-refractivity contribution < 1.29 is 14.2 Å². The Kier molecular flexibility index (Phi) is 10.3. The molecule has 21 heavy (non-hydrogen) atoms. The number of ether oxygens (including phenoxy) is 3. The monoisotopic (exact) mass is 301 g/mol. The lowest BCUT2D eigenvalue weighted by molar-refractivity contribution is 0.0145. The second-order valence-corrected chi connectivity index (χ2v) is 6.38. The Morgan fingerprint density at radius 2 is 1.48 bits per heavy atom. The van der Waals surface area contributed by atoms with Crippen molar-refractivity contribution in [2.24, 2.45) is 11.3 Å². The van der Waals surface area contributed by atoms with Crippen molar-refractivity contribution in [3.63, 3.8) is 0 Å². The fraction of sp³-hybridized carbons (Fsp3) is 1.00. The Morgan fingerprint density at radius 3 is 2.00 bits per heavy atom. The Morgan fingerprint density at radius 1 is 0.905 bits per heavy atom. The largest absolute Gasteiger partial charge is 0.379 e. The summed E-state index contributed by atoms with van der Waals surface area (Å²) < 4.78 is 16.4. The van der Waals surface area contributed by atoms with E-state index >= 15 is 0 Å².